The summed E-state index contributed by atoms with van der Waals surface area (Å²) in [5.74, 6) is -2.86. The van der Waals surface area contributed by atoms with E-state index in [2.05, 4.69) is 14.9 Å². The van der Waals surface area contributed by atoms with Crippen LogP contribution < -0.4 is 0 Å². The van der Waals surface area contributed by atoms with Crippen molar-refractivity contribution in [3.8, 4) is 11.4 Å². The third kappa shape index (κ3) is 5.55. The Balaban J connectivity index is 1.63. The molecule has 1 aliphatic rings. The molecule has 1 aliphatic heterocycles. The number of nitrogens with zero attached hydrogens (tertiary/aromatic N) is 3. The minimum Gasteiger partial charge on any atom is -0.468 e. The third-order valence-electron chi connectivity index (χ3n) is 4.68. The second-order valence-electron chi connectivity index (χ2n) is 6.77. The van der Waals surface area contributed by atoms with Crippen molar-refractivity contribution in [2.75, 3.05) is 26.0 Å². The minimum atomic E-state index is -4.20. The number of carbonyl (C=O) groups excluding carboxylic acids is 1. The van der Waals surface area contributed by atoms with Crippen molar-refractivity contribution in [1.82, 2.24) is 15.0 Å². The highest BCUT2D eigenvalue weighted by Gasteiger charge is 2.25. The number of benzene rings is 1. The molecule has 13 heteroatoms. The number of sulfone groups is 1. The molecule has 1 saturated heterocycles. The first-order chi connectivity index (χ1) is 14.7. The molecule has 1 N–H and O–H groups in total. The van der Waals surface area contributed by atoms with E-state index < -0.39 is 38.4 Å². The van der Waals surface area contributed by atoms with Gasteiger partial charge in [-0.05, 0) is 31.0 Å². The van der Waals surface area contributed by atoms with Crippen molar-refractivity contribution in [3.63, 3.8) is 0 Å². The van der Waals surface area contributed by atoms with Gasteiger partial charge in [0.1, 0.15) is 17.3 Å². The highest BCUT2D eigenvalue weighted by atomic mass is 32.2. The molecular formula is C18H20FN3O8S. The first-order valence-corrected chi connectivity index (χ1v) is 10.9. The van der Waals surface area contributed by atoms with Crippen LogP contribution in [0.15, 0.2) is 27.6 Å². The van der Waals surface area contributed by atoms with Crippen LogP contribution in [-0.2, 0) is 30.7 Å². The van der Waals surface area contributed by atoms with Gasteiger partial charge in [0.05, 0.1) is 13.2 Å². The molecule has 2 heterocycles. The summed E-state index contributed by atoms with van der Waals surface area (Å²) in [6.07, 6.45) is -0.0286. The van der Waals surface area contributed by atoms with E-state index in [0.717, 1.165) is 19.2 Å². The fourth-order valence-corrected chi connectivity index (χ4v) is 4.23. The van der Waals surface area contributed by atoms with Crippen LogP contribution in [0.2, 0.25) is 0 Å². The number of rotatable bonds is 7. The largest absolute Gasteiger partial charge is 0.468 e. The number of ether oxygens (including phenoxy) is 2. The molecule has 0 bridgehead atoms. The van der Waals surface area contributed by atoms with Gasteiger partial charge in [0.25, 0.3) is 5.89 Å². The number of piperidine rings is 1. The molecule has 1 aromatic heterocycles. The van der Waals surface area contributed by atoms with E-state index in [4.69, 9.17) is 14.4 Å². The van der Waals surface area contributed by atoms with Crippen molar-refractivity contribution in [2.24, 2.45) is 0 Å². The zero-order chi connectivity index (χ0) is 22.6. The molecule has 0 atom stereocenters. The second-order valence-corrected chi connectivity index (χ2v) is 8.73. The maximum Gasteiger partial charge on any atom is 0.407 e. The van der Waals surface area contributed by atoms with Gasteiger partial charge in [0, 0.05) is 18.7 Å². The van der Waals surface area contributed by atoms with Crippen LogP contribution in [0.4, 0.5) is 9.18 Å². The Labute approximate surface area is 176 Å². The zero-order valence-corrected chi connectivity index (χ0v) is 17.3. The Morgan fingerprint density at radius 3 is 2.65 bits per heavy atom. The summed E-state index contributed by atoms with van der Waals surface area (Å²) in [4.78, 5) is 26.9. The molecule has 11 nitrogen and oxygen atoms in total. The molecule has 1 aromatic carbocycles. The molecule has 0 unspecified atom stereocenters. The summed E-state index contributed by atoms with van der Waals surface area (Å²) in [5, 5.41) is 12.7. The summed E-state index contributed by atoms with van der Waals surface area (Å²) < 4.78 is 53.7. The molecule has 0 aliphatic carbocycles. The van der Waals surface area contributed by atoms with Crippen molar-refractivity contribution in [2.45, 2.75) is 30.4 Å². The normalized spacial score (nSPS) is 15.1. The van der Waals surface area contributed by atoms with Crippen LogP contribution in [0.3, 0.4) is 0 Å². The van der Waals surface area contributed by atoms with E-state index in [1.165, 1.54) is 11.0 Å². The average Bonchev–Trinajstić information content (AvgIpc) is 3.21. The van der Waals surface area contributed by atoms with Gasteiger partial charge in [-0.2, -0.15) is 4.98 Å². The Morgan fingerprint density at radius 2 is 2.03 bits per heavy atom. The molecule has 0 saturated carbocycles. The van der Waals surface area contributed by atoms with E-state index in [1.54, 1.807) is 0 Å². The summed E-state index contributed by atoms with van der Waals surface area (Å²) in [6.45, 7) is 0.748. The summed E-state index contributed by atoms with van der Waals surface area (Å²) in [7, 11) is -3.16. The highest BCUT2D eigenvalue weighted by molar-refractivity contribution is 7.92. The molecule has 0 radical (unpaired) electrons. The second kappa shape index (κ2) is 9.39. The van der Waals surface area contributed by atoms with Crippen LogP contribution in [0, 0.1) is 5.82 Å². The lowest BCUT2D eigenvalue weighted by atomic mass is 10.1. The van der Waals surface area contributed by atoms with Gasteiger partial charge in [-0.3, -0.25) is 4.79 Å². The molecule has 1 fully saturated rings. The van der Waals surface area contributed by atoms with Crippen LogP contribution in [0.25, 0.3) is 11.4 Å². The van der Waals surface area contributed by atoms with E-state index in [-0.39, 0.29) is 30.0 Å². The molecule has 1 amide bonds. The number of halogens is 1. The van der Waals surface area contributed by atoms with Gasteiger partial charge in [0.2, 0.25) is 5.82 Å². The quantitative estimate of drug-likeness (QED) is 0.606. The van der Waals surface area contributed by atoms with Crippen molar-refractivity contribution in [1.29, 1.82) is 0 Å². The molecular weight excluding hydrogens is 437 g/mol. The van der Waals surface area contributed by atoms with Crippen molar-refractivity contribution < 1.29 is 41.5 Å². The fraction of sp³-hybridized carbons (Fsp3) is 0.444. The Morgan fingerprint density at radius 1 is 1.32 bits per heavy atom. The lowest BCUT2D eigenvalue weighted by molar-refractivity contribution is -0.137. The predicted octanol–water partition coefficient (Wildman–Crippen LogP) is 1.48. The number of carbonyl (C=O) groups is 2. The molecule has 3 rings (SSSR count). The van der Waals surface area contributed by atoms with Gasteiger partial charge in [0.15, 0.2) is 15.6 Å². The first-order valence-electron chi connectivity index (χ1n) is 9.21. The van der Waals surface area contributed by atoms with E-state index >= 15 is 0 Å². The number of amides is 1. The van der Waals surface area contributed by atoms with Crippen molar-refractivity contribution >= 4 is 21.9 Å². The zero-order valence-electron chi connectivity index (χ0n) is 16.5. The maximum atomic E-state index is 14.4. The summed E-state index contributed by atoms with van der Waals surface area (Å²) >= 11 is 0. The summed E-state index contributed by atoms with van der Waals surface area (Å²) in [6, 6.07) is 3.25. The first kappa shape index (κ1) is 22.6. The van der Waals surface area contributed by atoms with Crippen LogP contribution in [0.5, 0.6) is 0 Å². The molecule has 2 aromatic rings. The van der Waals surface area contributed by atoms with Crippen LogP contribution in [-0.4, -0.2) is 72.7 Å². The number of hydrogen-bond donors (Lipinski definition) is 1. The standard InChI is InChI=1S/C18H20FN3O8S/c1-28-16(23)10-31(26,27)14-3-2-11(8-13(14)19)17-20-15(30-21-17)9-29-12-4-6-22(7-5-12)18(24)25/h2-3,8,12H,4-7,9-10H2,1H3,(H,24,25). The van der Waals surface area contributed by atoms with E-state index in [9.17, 15) is 22.4 Å². The van der Waals surface area contributed by atoms with E-state index in [1.807, 2.05) is 0 Å². The Kier molecular flexibility index (Phi) is 6.85. The van der Waals surface area contributed by atoms with Crippen LogP contribution >= 0.6 is 0 Å². The van der Waals surface area contributed by atoms with Gasteiger partial charge >= 0.3 is 12.1 Å². The fourth-order valence-electron chi connectivity index (χ4n) is 3.02. The monoisotopic (exact) mass is 457 g/mol. The lowest BCUT2D eigenvalue weighted by Crippen LogP contribution is -2.40. The summed E-state index contributed by atoms with van der Waals surface area (Å²) in [5.41, 5.74) is 0.180. The molecule has 31 heavy (non-hydrogen) atoms. The number of carboxylic acid groups (broad SMARTS) is 1. The number of aromatic nitrogens is 2. The number of likely N-dealkylation sites (tertiary alicyclic amines) is 1. The average molecular weight is 457 g/mol. The van der Waals surface area contributed by atoms with Gasteiger partial charge in [-0.1, -0.05) is 5.16 Å². The minimum absolute atomic E-state index is 0.00118. The van der Waals surface area contributed by atoms with E-state index in [0.29, 0.717) is 25.9 Å². The molecule has 168 valence electrons. The van der Waals surface area contributed by atoms with Crippen LogP contribution in [0.1, 0.15) is 18.7 Å². The number of hydrogen-bond acceptors (Lipinski definition) is 9. The van der Waals surface area contributed by atoms with Gasteiger partial charge in [-0.25, -0.2) is 17.6 Å². The molecule has 0 spiro atoms. The third-order valence-corrected chi connectivity index (χ3v) is 6.30. The maximum absolute atomic E-state index is 14.4. The topological polar surface area (TPSA) is 149 Å². The Bertz CT molecular complexity index is 1060. The predicted molar refractivity (Wildman–Crippen MR) is 101 cm³/mol. The SMILES string of the molecule is COC(=O)CS(=O)(=O)c1ccc(-c2noc(COC3CCN(C(=O)O)CC3)n2)cc1F. The lowest BCUT2D eigenvalue weighted by Gasteiger charge is -2.29. The highest BCUT2D eigenvalue weighted by Crippen LogP contribution is 2.24. The van der Waals surface area contributed by atoms with Gasteiger partial charge < -0.3 is 24.0 Å². The number of esters is 1. The van der Waals surface area contributed by atoms with Crippen molar-refractivity contribution in [3.05, 3.63) is 29.9 Å². The van der Waals surface area contributed by atoms with Gasteiger partial charge in [-0.15, -0.1) is 0 Å². The smallest absolute Gasteiger partial charge is 0.407 e. The Hall–Kier alpha value is -3.06. The number of methoxy groups -OCH3 is 1.